The van der Waals surface area contributed by atoms with Crippen LogP contribution in [0.1, 0.15) is 32.3 Å². The minimum atomic E-state index is -0.161. The van der Waals surface area contributed by atoms with Gasteiger partial charge in [-0.1, -0.05) is 13.8 Å². The molecule has 1 N–H and O–H groups in total. The lowest BCUT2D eigenvalue weighted by molar-refractivity contribution is 0.314. The van der Waals surface area contributed by atoms with Crippen molar-refractivity contribution in [3.05, 3.63) is 29.6 Å². The standard InChI is InChI=1S/C17H28FN3/c1-13(2)19-11-14-10-15(18)7-8-17(14)21(4)12-16-6-5-9-20(16)3/h7-8,10,13,16,19H,5-6,9,11-12H2,1-4H3. The highest BCUT2D eigenvalue weighted by Crippen LogP contribution is 2.23. The smallest absolute Gasteiger partial charge is 0.123 e. The minimum Gasteiger partial charge on any atom is -0.373 e. The van der Waals surface area contributed by atoms with Crippen molar-refractivity contribution in [1.29, 1.82) is 0 Å². The number of hydrogen-bond acceptors (Lipinski definition) is 3. The molecule has 4 heteroatoms. The Morgan fingerprint density at radius 3 is 2.81 bits per heavy atom. The molecule has 0 aromatic heterocycles. The minimum absolute atomic E-state index is 0.161. The molecule has 21 heavy (non-hydrogen) atoms. The summed E-state index contributed by atoms with van der Waals surface area (Å²) in [6.45, 7) is 7.10. The van der Waals surface area contributed by atoms with Crippen LogP contribution in [0.4, 0.5) is 10.1 Å². The van der Waals surface area contributed by atoms with Crippen LogP contribution in [0.25, 0.3) is 0 Å². The second kappa shape index (κ2) is 7.23. The van der Waals surface area contributed by atoms with Crippen LogP contribution in [0.15, 0.2) is 18.2 Å². The first-order chi connectivity index (χ1) is 9.97. The summed E-state index contributed by atoms with van der Waals surface area (Å²) in [7, 11) is 4.30. The van der Waals surface area contributed by atoms with E-state index in [4.69, 9.17) is 0 Å². The Morgan fingerprint density at radius 1 is 1.43 bits per heavy atom. The lowest BCUT2D eigenvalue weighted by Crippen LogP contribution is -2.37. The van der Waals surface area contributed by atoms with Gasteiger partial charge in [0.2, 0.25) is 0 Å². The van der Waals surface area contributed by atoms with Crippen LogP contribution in [0.2, 0.25) is 0 Å². The molecule has 1 aromatic carbocycles. The number of nitrogens with one attached hydrogen (secondary N) is 1. The van der Waals surface area contributed by atoms with Crippen molar-refractivity contribution < 1.29 is 4.39 Å². The molecule has 0 spiro atoms. The van der Waals surface area contributed by atoms with E-state index in [1.807, 2.05) is 6.07 Å². The van der Waals surface area contributed by atoms with Crippen LogP contribution in [0.5, 0.6) is 0 Å². The van der Waals surface area contributed by atoms with Crippen LogP contribution in [-0.4, -0.2) is 44.2 Å². The summed E-state index contributed by atoms with van der Waals surface area (Å²) >= 11 is 0. The maximum atomic E-state index is 13.5. The molecular weight excluding hydrogens is 265 g/mol. The summed E-state index contributed by atoms with van der Waals surface area (Å²) in [4.78, 5) is 4.69. The number of hydrogen-bond donors (Lipinski definition) is 1. The largest absolute Gasteiger partial charge is 0.373 e. The fraction of sp³-hybridized carbons (Fsp3) is 0.647. The predicted octanol–water partition coefficient (Wildman–Crippen LogP) is 2.85. The van der Waals surface area contributed by atoms with Crippen LogP contribution < -0.4 is 10.2 Å². The number of anilines is 1. The zero-order valence-corrected chi connectivity index (χ0v) is 13.7. The molecule has 1 aromatic rings. The molecular formula is C17H28FN3. The van der Waals surface area contributed by atoms with Gasteiger partial charge in [0, 0.05) is 37.9 Å². The maximum absolute atomic E-state index is 13.5. The molecule has 0 aliphatic carbocycles. The number of benzene rings is 1. The summed E-state index contributed by atoms with van der Waals surface area (Å²) in [5.41, 5.74) is 2.16. The molecule has 1 aliphatic rings. The van der Waals surface area contributed by atoms with Crippen molar-refractivity contribution in [3.63, 3.8) is 0 Å². The van der Waals surface area contributed by atoms with E-state index in [-0.39, 0.29) is 5.82 Å². The topological polar surface area (TPSA) is 18.5 Å². The van der Waals surface area contributed by atoms with Crippen molar-refractivity contribution in [2.24, 2.45) is 0 Å². The van der Waals surface area contributed by atoms with Crippen molar-refractivity contribution in [3.8, 4) is 0 Å². The molecule has 0 amide bonds. The molecule has 1 heterocycles. The highest BCUT2D eigenvalue weighted by Gasteiger charge is 2.23. The SMILES string of the molecule is CC(C)NCc1cc(F)ccc1N(C)CC1CCCN1C. The Hall–Kier alpha value is -1.13. The van der Waals surface area contributed by atoms with Gasteiger partial charge in [0.25, 0.3) is 0 Å². The van der Waals surface area contributed by atoms with E-state index in [0.717, 1.165) is 17.8 Å². The van der Waals surface area contributed by atoms with Crippen LogP contribution >= 0.6 is 0 Å². The molecule has 0 bridgehead atoms. The second-order valence-corrected chi connectivity index (χ2v) is 6.47. The third-order valence-electron chi connectivity index (χ3n) is 4.31. The average Bonchev–Trinajstić information content (AvgIpc) is 2.82. The average molecular weight is 293 g/mol. The van der Waals surface area contributed by atoms with E-state index in [1.165, 1.54) is 19.4 Å². The molecule has 0 radical (unpaired) electrons. The Kier molecular flexibility index (Phi) is 5.59. The van der Waals surface area contributed by atoms with Gasteiger partial charge in [-0.05, 0) is 50.2 Å². The molecule has 1 fully saturated rings. The number of likely N-dealkylation sites (tertiary alicyclic amines) is 1. The first kappa shape index (κ1) is 16.2. The van der Waals surface area contributed by atoms with Gasteiger partial charge in [0.05, 0.1) is 0 Å². The van der Waals surface area contributed by atoms with Gasteiger partial charge in [-0.2, -0.15) is 0 Å². The third-order valence-corrected chi connectivity index (χ3v) is 4.31. The molecule has 1 saturated heterocycles. The van der Waals surface area contributed by atoms with Crippen LogP contribution in [0, 0.1) is 5.82 Å². The van der Waals surface area contributed by atoms with Crippen molar-refractivity contribution >= 4 is 5.69 Å². The number of halogens is 1. The quantitative estimate of drug-likeness (QED) is 0.870. The normalized spacial score (nSPS) is 19.4. The monoisotopic (exact) mass is 293 g/mol. The van der Waals surface area contributed by atoms with Gasteiger partial charge in [0.15, 0.2) is 0 Å². The van der Waals surface area contributed by atoms with Gasteiger partial charge < -0.3 is 15.1 Å². The molecule has 2 rings (SSSR count). The zero-order valence-electron chi connectivity index (χ0n) is 13.7. The van der Waals surface area contributed by atoms with Gasteiger partial charge >= 0.3 is 0 Å². The predicted molar refractivity (Wildman–Crippen MR) is 87.3 cm³/mol. The van der Waals surface area contributed by atoms with Gasteiger partial charge in [-0.15, -0.1) is 0 Å². The lowest BCUT2D eigenvalue weighted by atomic mass is 10.1. The molecule has 118 valence electrons. The Balaban J connectivity index is 2.09. The van der Waals surface area contributed by atoms with E-state index in [2.05, 4.69) is 43.1 Å². The van der Waals surface area contributed by atoms with Crippen molar-refractivity contribution in [2.75, 3.05) is 32.1 Å². The second-order valence-electron chi connectivity index (χ2n) is 6.47. The van der Waals surface area contributed by atoms with Gasteiger partial charge in [0.1, 0.15) is 5.82 Å². The molecule has 3 nitrogen and oxygen atoms in total. The molecule has 1 aliphatic heterocycles. The zero-order chi connectivity index (χ0) is 15.4. The number of likely N-dealkylation sites (N-methyl/N-ethyl adjacent to an activating group) is 2. The fourth-order valence-corrected chi connectivity index (χ4v) is 3.01. The van der Waals surface area contributed by atoms with Crippen molar-refractivity contribution in [1.82, 2.24) is 10.2 Å². The van der Waals surface area contributed by atoms with E-state index < -0.39 is 0 Å². The molecule has 1 atom stereocenters. The Bertz CT molecular complexity index is 461. The van der Waals surface area contributed by atoms with Gasteiger partial charge in [-0.25, -0.2) is 4.39 Å². The first-order valence-corrected chi connectivity index (χ1v) is 7.90. The summed E-state index contributed by atoms with van der Waals surface area (Å²) in [5, 5.41) is 3.38. The van der Waals surface area contributed by atoms with E-state index in [1.54, 1.807) is 12.1 Å². The highest BCUT2D eigenvalue weighted by atomic mass is 19.1. The first-order valence-electron chi connectivity index (χ1n) is 7.90. The highest BCUT2D eigenvalue weighted by molar-refractivity contribution is 5.53. The summed E-state index contributed by atoms with van der Waals surface area (Å²) in [5.74, 6) is -0.161. The van der Waals surface area contributed by atoms with Gasteiger partial charge in [-0.3, -0.25) is 0 Å². The van der Waals surface area contributed by atoms with E-state index >= 15 is 0 Å². The lowest BCUT2D eigenvalue weighted by Gasteiger charge is -2.29. The van der Waals surface area contributed by atoms with Crippen molar-refractivity contribution in [2.45, 2.75) is 45.3 Å². The number of rotatable bonds is 6. The molecule has 1 unspecified atom stereocenters. The van der Waals surface area contributed by atoms with E-state index in [0.29, 0.717) is 18.6 Å². The summed E-state index contributed by atoms with van der Waals surface area (Å²) in [6, 6.07) is 6.11. The Morgan fingerprint density at radius 2 is 2.19 bits per heavy atom. The molecule has 0 saturated carbocycles. The fourth-order valence-electron chi connectivity index (χ4n) is 3.01. The maximum Gasteiger partial charge on any atom is 0.123 e. The summed E-state index contributed by atoms with van der Waals surface area (Å²) < 4.78 is 13.5. The van der Waals surface area contributed by atoms with Crippen LogP contribution in [-0.2, 0) is 6.54 Å². The van der Waals surface area contributed by atoms with Crippen LogP contribution in [0.3, 0.4) is 0 Å². The van der Waals surface area contributed by atoms with E-state index in [9.17, 15) is 4.39 Å². The summed E-state index contributed by atoms with van der Waals surface area (Å²) in [6.07, 6.45) is 2.53. The third kappa shape index (κ3) is 4.42. The Labute approximate surface area is 128 Å². The number of nitrogens with zero attached hydrogens (tertiary/aromatic N) is 2.